The number of hydrogen-bond acceptors (Lipinski definition) is 2. The Bertz CT molecular complexity index is 357. The first-order chi connectivity index (χ1) is 5.97. The van der Waals surface area contributed by atoms with Gasteiger partial charge in [0.15, 0.2) is 0 Å². The summed E-state index contributed by atoms with van der Waals surface area (Å²) < 4.78 is 0.745. The summed E-state index contributed by atoms with van der Waals surface area (Å²) in [6, 6.07) is 5.48. The lowest BCUT2D eigenvalue weighted by Crippen LogP contribution is -2.14. The van der Waals surface area contributed by atoms with Gasteiger partial charge in [0.25, 0.3) is 0 Å². The maximum Gasteiger partial charge on any atom is 0.120 e. The molecule has 1 aromatic rings. The zero-order valence-corrected chi connectivity index (χ0v) is 9.09. The first-order valence-electron chi connectivity index (χ1n) is 3.85. The molecule has 0 atom stereocenters. The molecule has 0 bridgehead atoms. The molecule has 1 heterocycles. The molecular weight excluding hydrogens is 230 g/mol. The Morgan fingerprint density at radius 3 is 2.69 bits per heavy atom. The van der Waals surface area contributed by atoms with E-state index in [0.29, 0.717) is 5.69 Å². The van der Waals surface area contributed by atoms with Crippen LogP contribution in [0.2, 0.25) is 0 Å². The van der Waals surface area contributed by atoms with Crippen molar-refractivity contribution in [2.75, 3.05) is 0 Å². The highest BCUT2D eigenvalue weighted by atomic mass is 79.9. The molecule has 0 saturated heterocycles. The van der Waals surface area contributed by atoms with Gasteiger partial charge in [0.05, 0.1) is 0 Å². The van der Waals surface area contributed by atoms with Crippen molar-refractivity contribution in [3.63, 3.8) is 0 Å². The molecule has 0 amide bonds. The van der Waals surface area contributed by atoms with Crippen molar-refractivity contribution in [3.8, 4) is 11.8 Å². The molecule has 68 valence electrons. The van der Waals surface area contributed by atoms with Crippen LogP contribution in [-0.4, -0.2) is 15.7 Å². The van der Waals surface area contributed by atoms with E-state index in [1.165, 1.54) is 0 Å². The fourth-order valence-corrected chi connectivity index (χ4v) is 1.04. The van der Waals surface area contributed by atoms with E-state index in [-0.39, 0.29) is 0 Å². The lowest BCUT2D eigenvalue weighted by Gasteiger charge is -2.05. The number of aliphatic hydroxyl groups is 1. The highest BCUT2D eigenvalue weighted by molar-refractivity contribution is 9.10. The quantitative estimate of drug-likeness (QED) is 0.555. The molecule has 0 spiro atoms. The lowest BCUT2D eigenvalue weighted by atomic mass is 10.1. The van der Waals surface area contributed by atoms with Crippen molar-refractivity contribution >= 4 is 15.9 Å². The van der Waals surface area contributed by atoms with Gasteiger partial charge in [-0.2, -0.15) is 0 Å². The summed E-state index contributed by atoms with van der Waals surface area (Å²) in [6.45, 7) is 3.27. The average Bonchev–Trinajstić information content (AvgIpc) is 2.00. The van der Waals surface area contributed by atoms with Crippen LogP contribution in [0.3, 0.4) is 0 Å². The monoisotopic (exact) mass is 239 g/mol. The Balaban J connectivity index is 2.90. The summed E-state index contributed by atoms with van der Waals surface area (Å²) in [5.74, 6) is 5.47. The van der Waals surface area contributed by atoms with Gasteiger partial charge in [-0.05, 0) is 47.8 Å². The predicted octanol–water partition coefficient (Wildman–Crippen LogP) is 1.97. The lowest BCUT2D eigenvalue weighted by molar-refractivity contribution is 0.143. The van der Waals surface area contributed by atoms with Crippen LogP contribution < -0.4 is 0 Å². The minimum atomic E-state index is -0.968. The van der Waals surface area contributed by atoms with E-state index in [0.717, 1.165) is 4.60 Å². The van der Waals surface area contributed by atoms with Crippen molar-refractivity contribution in [2.24, 2.45) is 0 Å². The number of rotatable bonds is 0. The van der Waals surface area contributed by atoms with E-state index in [1.807, 2.05) is 12.1 Å². The van der Waals surface area contributed by atoms with Gasteiger partial charge in [0, 0.05) is 0 Å². The Morgan fingerprint density at radius 1 is 1.46 bits per heavy atom. The molecule has 0 aromatic carbocycles. The van der Waals surface area contributed by atoms with E-state index >= 15 is 0 Å². The number of halogens is 1. The fraction of sp³-hybridized carbons (Fsp3) is 0.300. The third-order valence-electron chi connectivity index (χ3n) is 1.21. The van der Waals surface area contributed by atoms with Gasteiger partial charge in [0.1, 0.15) is 15.9 Å². The molecule has 0 saturated carbocycles. The van der Waals surface area contributed by atoms with Gasteiger partial charge >= 0.3 is 0 Å². The number of hydrogen-bond donors (Lipinski definition) is 1. The molecule has 1 rings (SSSR count). The minimum absolute atomic E-state index is 0.650. The van der Waals surface area contributed by atoms with Crippen LogP contribution in [0.4, 0.5) is 0 Å². The van der Waals surface area contributed by atoms with Crippen LogP contribution in [0, 0.1) is 11.8 Å². The van der Waals surface area contributed by atoms with Crippen LogP contribution in [-0.2, 0) is 0 Å². The zero-order valence-electron chi connectivity index (χ0n) is 7.50. The van der Waals surface area contributed by atoms with Crippen molar-refractivity contribution in [2.45, 2.75) is 19.4 Å². The van der Waals surface area contributed by atoms with E-state index in [4.69, 9.17) is 0 Å². The largest absolute Gasteiger partial charge is 0.378 e. The van der Waals surface area contributed by atoms with Gasteiger partial charge in [-0.15, -0.1) is 0 Å². The van der Waals surface area contributed by atoms with E-state index in [2.05, 4.69) is 32.8 Å². The molecule has 0 unspecified atom stereocenters. The van der Waals surface area contributed by atoms with Crippen LogP contribution in [0.15, 0.2) is 22.8 Å². The van der Waals surface area contributed by atoms with Gasteiger partial charge in [-0.1, -0.05) is 12.0 Å². The molecular formula is C10H10BrNO. The third-order valence-corrected chi connectivity index (χ3v) is 1.65. The standard InChI is InChI=1S/C10H10BrNO/c1-10(2,13)7-6-8-4-3-5-9(11)12-8/h3-5,13H,1-2H3. The van der Waals surface area contributed by atoms with E-state index in [9.17, 15) is 5.11 Å². The summed E-state index contributed by atoms with van der Waals surface area (Å²) in [5, 5.41) is 9.34. The second kappa shape index (κ2) is 3.91. The Hall–Kier alpha value is -0.850. The molecule has 2 nitrogen and oxygen atoms in total. The second-order valence-electron chi connectivity index (χ2n) is 3.15. The zero-order chi connectivity index (χ0) is 9.90. The number of aromatic nitrogens is 1. The molecule has 0 fully saturated rings. The molecule has 1 aromatic heterocycles. The Labute approximate surface area is 86.1 Å². The third kappa shape index (κ3) is 4.07. The van der Waals surface area contributed by atoms with Gasteiger partial charge in [0.2, 0.25) is 0 Å². The first-order valence-corrected chi connectivity index (χ1v) is 4.65. The molecule has 0 aliphatic rings. The minimum Gasteiger partial charge on any atom is -0.378 e. The summed E-state index contributed by atoms with van der Waals surface area (Å²) in [5.41, 5.74) is -0.319. The normalized spacial score (nSPS) is 10.5. The topological polar surface area (TPSA) is 33.1 Å². The SMILES string of the molecule is CC(C)(O)C#Cc1cccc(Br)n1. The van der Waals surface area contributed by atoms with Crippen molar-refractivity contribution in [1.82, 2.24) is 4.98 Å². The molecule has 0 aliphatic carbocycles. The maximum absolute atomic E-state index is 9.34. The number of nitrogens with zero attached hydrogens (tertiary/aromatic N) is 1. The average molecular weight is 240 g/mol. The molecule has 13 heavy (non-hydrogen) atoms. The van der Waals surface area contributed by atoms with Crippen molar-refractivity contribution in [3.05, 3.63) is 28.5 Å². The molecule has 0 radical (unpaired) electrons. The smallest absolute Gasteiger partial charge is 0.120 e. The highest BCUT2D eigenvalue weighted by Crippen LogP contribution is 2.05. The van der Waals surface area contributed by atoms with Gasteiger partial charge < -0.3 is 5.11 Å². The van der Waals surface area contributed by atoms with Crippen LogP contribution in [0.1, 0.15) is 19.5 Å². The summed E-state index contributed by atoms with van der Waals surface area (Å²) in [6.07, 6.45) is 0. The maximum atomic E-state index is 9.34. The second-order valence-corrected chi connectivity index (χ2v) is 3.97. The van der Waals surface area contributed by atoms with Gasteiger partial charge in [-0.3, -0.25) is 0 Å². The molecule has 0 aliphatic heterocycles. The van der Waals surface area contributed by atoms with E-state index < -0.39 is 5.60 Å². The summed E-state index contributed by atoms with van der Waals surface area (Å²) >= 11 is 3.24. The fourth-order valence-electron chi connectivity index (χ4n) is 0.695. The van der Waals surface area contributed by atoms with Crippen LogP contribution >= 0.6 is 15.9 Å². The van der Waals surface area contributed by atoms with Crippen molar-refractivity contribution < 1.29 is 5.11 Å². The highest BCUT2D eigenvalue weighted by Gasteiger charge is 2.05. The number of pyridine rings is 1. The first kappa shape index (κ1) is 10.2. The van der Waals surface area contributed by atoms with Crippen LogP contribution in [0.5, 0.6) is 0 Å². The van der Waals surface area contributed by atoms with Gasteiger partial charge in [-0.25, -0.2) is 4.98 Å². The predicted molar refractivity (Wildman–Crippen MR) is 55.1 cm³/mol. The summed E-state index contributed by atoms with van der Waals surface area (Å²) in [4.78, 5) is 4.11. The molecule has 3 heteroatoms. The Kier molecular flexibility index (Phi) is 3.07. The van der Waals surface area contributed by atoms with E-state index in [1.54, 1.807) is 19.9 Å². The summed E-state index contributed by atoms with van der Waals surface area (Å²) in [7, 11) is 0. The molecule has 1 N–H and O–H groups in total. The van der Waals surface area contributed by atoms with Crippen LogP contribution in [0.25, 0.3) is 0 Å². The van der Waals surface area contributed by atoms with Crippen molar-refractivity contribution in [1.29, 1.82) is 0 Å². The Morgan fingerprint density at radius 2 is 2.15 bits per heavy atom.